The van der Waals surface area contributed by atoms with Gasteiger partial charge in [-0.3, -0.25) is 0 Å². The number of rotatable bonds is 2. The Bertz CT molecular complexity index is 412. The lowest BCUT2D eigenvalue weighted by Gasteiger charge is -2.30. The van der Waals surface area contributed by atoms with Crippen LogP contribution in [0.2, 0.25) is 5.02 Å². The first-order valence-electron chi connectivity index (χ1n) is 6.70. The molecule has 1 N–H and O–H groups in total. The maximum Gasteiger partial charge on any atom is 0.0642 e. The van der Waals surface area contributed by atoms with Crippen molar-refractivity contribution in [2.45, 2.75) is 18.9 Å². The molecule has 3 nitrogen and oxygen atoms in total. The van der Waals surface area contributed by atoms with Gasteiger partial charge in [0.05, 0.1) is 23.9 Å². The van der Waals surface area contributed by atoms with E-state index in [4.69, 9.17) is 16.3 Å². The molecule has 4 heteroatoms. The Kier molecular flexibility index (Phi) is 3.73. The number of benzene rings is 1. The van der Waals surface area contributed by atoms with Crippen LogP contribution in [0.15, 0.2) is 18.2 Å². The molecule has 2 aliphatic rings. The van der Waals surface area contributed by atoms with Crippen LogP contribution >= 0.6 is 11.6 Å². The highest BCUT2D eigenvalue weighted by atomic mass is 35.5. The van der Waals surface area contributed by atoms with Gasteiger partial charge < -0.3 is 15.0 Å². The molecule has 2 aliphatic heterocycles. The summed E-state index contributed by atoms with van der Waals surface area (Å²) < 4.78 is 5.37. The van der Waals surface area contributed by atoms with Gasteiger partial charge in [-0.25, -0.2) is 0 Å². The molecular formula is C14H19ClN2O. The topological polar surface area (TPSA) is 24.5 Å². The molecule has 0 saturated carbocycles. The first-order chi connectivity index (χ1) is 8.84. The van der Waals surface area contributed by atoms with E-state index >= 15 is 0 Å². The summed E-state index contributed by atoms with van der Waals surface area (Å²) in [5, 5.41) is 4.37. The largest absolute Gasteiger partial charge is 0.378 e. The second-order valence-electron chi connectivity index (χ2n) is 4.96. The minimum atomic E-state index is 0.487. The molecule has 2 fully saturated rings. The summed E-state index contributed by atoms with van der Waals surface area (Å²) in [6, 6.07) is 6.97. The number of anilines is 1. The molecule has 0 bridgehead atoms. The van der Waals surface area contributed by atoms with E-state index in [9.17, 15) is 0 Å². The fourth-order valence-electron chi connectivity index (χ4n) is 2.77. The Labute approximate surface area is 113 Å². The van der Waals surface area contributed by atoms with Gasteiger partial charge in [-0.2, -0.15) is 0 Å². The molecule has 0 spiro atoms. The Balaban J connectivity index is 1.79. The standard InChI is InChI=1S/C14H19ClN2O/c15-12-10-11(13-2-1-5-16-13)3-4-14(12)17-6-8-18-9-7-17/h3-4,10,13,16H,1-2,5-9H2. The van der Waals surface area contributed by atoms with Crippen LogP contribution in [-0.2, 0) is 4.74 Å². The molecular weight excluding hydrogens is 248 g/mol. The van der Waals surface area contributed by atoms with Crippen LogP contribution < -0.4 is 10.2 Å². The van der Waals surface area contributed by atoms with Crippen LogP contribution in [0.1, 0.15) is 24.4 Å². The molecule has 98 valence electrons. The molecule has 0 radical (unpaired) electrons. The van der Waals surface area contributed by atoms with Gasteiger partial charge in [0.15, 0.2) is 0 Å². The van der Waals surface area contributed by atoms with Crippen molar-refractivity contribution in [2.75, 3.05) is 37.7 Å². The van der Waals surface area contributed by atoms with Crippen molar-refractivity contribution in [3.8, 4) is 0 Å². The second kappa shape index (κ2) is 5.47. The third-order valence-electron chi connectivity index (χ3n) is 3.79. The second-order valence-corrected chi connectivity index (χ2v) is 5.37. The minimum Gasteiger partial charge on any atom is -0.378 e. The van der Waals surface area contributed by atoms with Crippen LogP contribution in [0.25, 0.3) is 0 Å². The molecule has 1 atom stereocenters. The monoisotopic (exact) mass is 266 g/mol. The molecule has 18 heavy (non-hydrogen) atoms. The van der Waals surface area contributed by atoms with Gasteiger partial charge in [0.2, 0.25) is 0 Å². The number of hydrogen-bond donors (Lipinski definition) is 1. The maximum atomic E-state index is 6.43. The summed E-state index contributed by atoms with van der Waals surface area (Å²) in [7, 11) is 0. The van der Waals surface area contributed by atoms with E-state index in [0.29, 0.717) is 6.04 Å². The molecule has 0 aliphatic carbocycles. The van der Waals surface area contributed by atoms with Crippen molar-refractivity contribution in [3.63, 3.8) is 0 Å². The van der Waals surface area contributed by atoms with Crippen LogP contribution in [0.5, 0.6) is 0 Å². The molecule has 1 aromatic rings. The van der Waals surface area contributed by atoms with E-state index in [2.05, 4.69) is 28.4 Å². The van der Waals surface area contributed by atoms with Crippen LogP contribution in [0.4, 0.5) is 5.69 Å². The lowest BCUT2D eigenvalue weighted by molar-refractivity contribution is 0.122. The van der Waals surface area contributed by atoms with Crippen LogP contribution in [-0.4, -0.2) is 32.8 Å². The predicted molar refractivity (Wildman–Crippen MR) is 74.5 cm³/mol. The normalized spacial score (nSPS) is 24.5. The van der Waals surface area contributed by atoms with E-state index in [0.717, 1.165) is 43.6 Å². The Hall–Kier alpha value is -0.770. The molecule has 2 heterocycles. The van der Waals surface area contributed by atoms with Gasteiger partial charge >= 0.3 is 0 Å². The smallest absolute Gasteiger partial charge is 0.0642 e. The maximum absolute atomic E-state index is 6.43. The minimum absolute atomic E-state index is 0.487. The van der Waals surface area contributed by atoms with E-state index in [1.165, 1.54) is 18.4 Å². The summed E-state index contributed by atoms with van der Waals surface area (Å²) in [6.07, 6.45) is 2.47. The SMILES string of the molecule is Clc1cc(C2CCCN2)ccc1N1CCOCC1. The van der Waals surface area contributed by atoms with E-state index < -0.39 is 0 Å². The highest BCUT2D eigenvalue weighted by Gasteiger charge is 2.19. The fourth-order valence-corrected chi connectivity index (χ4v) is 3.08. The lowest BCUT2D eigenvalue weighted by Crippen LogP contribution is -2.36. The third kappa shape index (κ3) is 2.48. The highest BCUT2D eigenvalue weighted by Crippen LogP contribution is 2.31. The first kappa shape index (κ1) is 12.3. The summed E-state index contributed by atoms with van der Waals surface area (Å²) in [5.74, 6) is 0. The molecule has 2 saturated heterocycles. The van der Waals surface area contributed by atoms with Crippen molar-refractivity contribution in [1.29, 1.82) is 0 Å². The molecule has 0 amide bonds. The summed E-state index contributed by atoms with van der Waals surface area (Å²) >= 11 is 6.43. The first-order valence-corrected chi connectivity index (χ1v) is 7.08. The summed E-state index contributed by atoms with van der Waals surface area (Å²) in [6.45, 7) is 4.57. The van der Waals surface area contributed by atoms with Gasteiger partial charge in [-0.15, -0.1) is 0 Å². The van der Waals surface area contributed by atoms with Crippen molar-refractivity contribution in [1.82, 2.24) is 5.32 Å². The third-order valence-corrected chi connectivity index (χ3v) is 4.09. The zero-order valence-electron chi connectivity index (χ0n) is 10.5. The van der Waals surface area contributed by atoms with Gasteiger partial charge in [-0.1, -0.05) is 17.7 Å². The van der Waals surface area contributed by atoms with Crippen molar-refractivity contribution >= 4 is 17.3 Å². The van der Waals surface area contributed by atoms with Crippen LogP contribution in [0, 0.1) is 0 Å². The lowest BCUT2D eigenvalue weighted by atomic mass is 10.0. The fraction of sp³-hybridized carbons (Fsp3) is 0.571. The van der Waals surface area contributed by atoms with Crippen molar-refractivity contribution in [3.05, 3.63) is 28.8 Å². The number of nitrogens with one attached hydrogen (secondary N) is 1. The Morgan fingerprint density at radius 3 is 2.78 bits per heavy atom. The zero-order chi connectivity index (χ0) is 12.4. The van der Waals surface area contributed by atoms with Crippen LogP contribution in [0.3, 0.4) is 0 Å². The summed E-state index contributed by atoms with van der Waals surface area (Å²) in [4.78, 5) is 2.30. The predicted octanol–water partition coefficient (Wildman–Crippen LogP) is 2.60. The number of halogens is 1. The van der Waals surface area contributed by atoms with E-state index in [-0.39, 0.29) is 0 Å². The molecule has 0 aromatic heterocycles. The zero-order valence-corrected chi connectivity index (χ0v) is 11.2. The van der Waals surface area contributed by atoms with E-state index in [1.54, 1.807) is 0 Å². The number of ether oxygens (including phenoxy) is 1. The highest BCUT2D eigenvalue weighted by molar-refractivity contribution is 6.33. The molecule has 3 rings (SSSR count). The Morgan fingerprint density at radius 1 is 1.28 bits per heavy atom. The Morgan fingerprint density at radius 2 is 2.11 bits per heavy atom. The number of morpholine rings is 1. The van der Waals surface area contributed by atoms with Crippen molar-refractivity contribution in [2.24, 2.45) is 0 Å². The van der Waals surface area contributed by atoms with Gasteiger partial charge in [0.1, 0.15) is 0 Å². The molecule has 1 unspecified atom stereocenters. The van der Waals surface area contributed by atoms with E-state index in [1.807, 2.05) is 0 Å². The van der Waals surface area contributed by atoms with Gasteiger partial charge in [-0.05, 0) is 37.1 Å². The quantitative estimate of drug-likeness (QED) is 0.891. The summed E-state index contributed by atoms with van der Waals surface area (Å²) in [5.41, 5.74) is 2.45. The number of nitrogens with zero attached hydrogens (tertiary/aromatic N) is 1. The van der Waals surface area contributed by atoms with Crippen molar-refractivity contribution < 1.29 is 4.74 Å². The van der Waals surface area contributed by atoms with Gasteiger partial charge in [0, 0.05) is 19.1 Å². The average Bonchev–Trinajstić information content (AvgIpc) is 2.93. The number of hydrogen-bond acceptors (Lipinski definition) is 3. The van der Waals surface area contributed by atoms with Gasteiger partial charge in [0.25, 0.3) is 0 Å². The molecule has 1 aromatic carbocycles. The average molecular weight is 267 g/mol.